The molecule has 1 heterocycles. The van der Waals surface area contributed by atoms with E-state index in [1.165, 1.54) is 6.42 Å². The van der Waals surface area contributed by atoms with E-state index in [4.69, 9.17) is 10.3 Å². The molecule has 18 heavy (non-hydrogen) atoms. The summed E-state index contributed by atoms with van der Waals surface area (Å²) >= 11 is 3.48. The minimum atomic E-state index is -0.127. The summed E-state index contributed by atoms with van der Waals surface area (Å²) in [4.78, 5) is 4.42. The Morgan fingerprint density at radius 3 is 2.78 bits per heavy atom. The van der Waals surface area contributed by atoms with Gasteiger partial charge >= 0.3 is 0 Å². The van der Waals surface area contributed by atoms with Crippen LogP contribution in [0.3, 0.4) is 0 Å². The second-order valence-corrected chi connectivity index (χ2v) is 5.74. The van der Waals surface area contributed by atoms with Crippen LogP contribution >= 0.6 is 15.9 Å². The molecular weight excluding hydrogens is 294 g/mol. The first-order chi connectivity index (χ1) is 8.66. The van der Waals surface area contributed by atoms with Crippen molar-refractivity contribution in [2.24, 2.45) is 5.73 Å². The van der Waals surface area contributed by atoms with Crippen LogP contribution in [0.2, 0.25) is 0 Å². The highest BCUT2D eigenvalue weighted by Gasteiger charge is 2.34. The predicted molar refractivity (Wildman–Crippen MR) is 71.9 cm³/mol. The largest absolute Gasteiger partial charge is 0.339 e. The number of hydrogen-bond donors (Lipinski definition) is 1. The third-order valence-corrected chi connectivity index (χ3v) is 4.13. The van der Waals surface area contributed by atoms with E-state index in [1.807, 2.05) is 24.3 Å². The Hall–Kier alpha value is -1.20. The van der Waals surface area contributed by atoms with Crippen LogP contribution in [0.25, 0.3) is 11.4 Å². The summed E-state index contributed by atoms with van der Waals surface area (Å²) in [6.45, 7) is 0. The van der Waals surface area contributed by atoms with Gasteiger partial charge in [0.05, 0.1) is 0 Å². The summed E-state index contributed by atoms with van der Waals surface area (Å²) in [5.74, 6) is 1.24. The van der Waals surface area contributed by atoms with Crippen LogP contribution in [0.15, 0.2) is 33.3 Å². The van der Waals surface area contributed by atoms with Crippen molar-refractivity contribution in [1.29, 1.82) is 0 Å². The summed E-state index contributed by atoms with van der Waals surface area (Å²) in [7, 11) is 0. The highest BCUT2D eigenvalue weighted by atomic mass is 79.9. The zero-order chi connectivity index (χ0) is 12.6. The number of halogens is 1. The lowest BCUT2D eigenvalue weighted by Crippen LogP contribution is -2.48. The summed E-state index contributed by atoms with van der Waals surface area (Å²) in [6, 6.07) is 7.83. The van der Waals surface area contributed by atoms with Crippen molar-refractivity contribution in [3.63, 3.8) is 0 Å². The van der Waals surface area contributed by atoms with Crippen molar-refractivity contribution in [2.45, 2.75) is 31.2 Å². The Balaban J connectivity index is 1.83. The van der Waals surface area contributed by atoms with Gasteiger partial charge in [-0.25, -0.2) is 0 Å². The summed E-state index contributed by atoms with van der Waals surface area (Å²) < 4.78 is 6.25. The average Bonchev–Trinajstić information content (AvgIpc) is 2.76. The molecule has 1 saturated carbocycles. The Bertz CT molecular complexity index is 563. The van der Waals surface area contributed by atoms with Gasteiger partial charge in [0.1, 0.15) is 0 Å². The van der Waals surface area contributed by atoms with Crippen molar-refractivity contribution in [3.8, 4) is 11.4 Å². The van der Waals surface area contributed by atoms with Gasteiger partial charge in [-0.15, -0.1) is 0 Å². The molecule has 0 saturated heterocycles. The van der Waals surface area contributed by atoms with E-state index < -0.39 is 0 Å². The number of benzene rings is 1. The summed E-state index contributed by atoms with van der Waals surface area (Å²) in [5, 5.41) is 4.02. The summed E-state index contributed by atoms with van der Waals surface area (Å²) in [6.07, 6.45) is 3.95. The number of hydrogen-bond acceptors (Lipinski definition) is 4. The monoisotopic (exact) mass is 307 g/mol. The minimum Gasteiger partial charge on any atom is -0.339 e. The van der Waals surface area contributed by atoms with E-state index in [0.717, 1.165) is 22.9 Å². The molecule has 1 aliphatic carbocycles. The number of aromatic nitrogens is 2. The lowest BCUT2D eigenvalue weighted by molar-refractivity contribution is 0.222. The van der Waals surface area contributed by atoms with Crippen molar-refractivity contribution in [2.75, 3.05) is 0 Å². The van der Waals surface area contributed by atoms with Gasteiger partial charge in [0, 0.05) is 22.0 Å². The van der Waals surface area contributed by atoms with Crippen LogP contribution in [0.5, 0.6) is 0 Å². The molecule has 2 N–H and O–H groups in total. The molecule has 2 aromatic rings. The van der Waals surface area contributed by atoms with Crippen LogP contribution < -0.4 is 5.73 Å². The first-order valence-electron chi connectivity index (χ1n) is 6.03. The second-order valence-electron chi connectivity index (χ2n) is 4.88. The lowest BCUT2D eigenvalue weighted by Gasteiger charge is -2.36. The van der Waals surface area contributed by atoms with E-state index in [9.17, 15) is 0 Å². The molecule has 4 nitrogen and oxygen atoms in total. The predicted octanol–water partition coefficient (Wildman–Crippen LogP) is 2.92. The third-order valence-electron chi connectivity index (χ3n) is 3.44. The molecule has 1 fully saturated rings. The highest BCUT2D eigenvalue weighted by Crippen LogP contribution is 2.32. The first-order valence-corrected chi connectivity index (χ1v) is 6.82. The fraction of sp³-hybridized carbons (Fsp3) is 0.385. The van der Waals surface area contributed by atoms with E-state index in [2.05, 4.69) is 26.1 Å². The van der Waals surface area contributed by atoms with Crippen LogP contribution in [-0.4, -0.2) is 15.7 Å². The smallest absolute Gasteiger partial charge is 0.228 e. The minimum absolute atomic E-state index is 0.127. The molecule has 0 amide bonds. The van der Waals surface area contributed by atoms with E-state index in [0.29, 0.717) is 18.1 Å². The van der Waals surface area contributed by atoms with Gasteiger partial charge in [-0.1, -0.05) is 33.2 Å². The normalized spacial score (nSPS) is 17.4. The third kappa shape index (κ3) is 2.20. The quantitative estimate of drug-likeness (QED) is 0.947. The summed E-state index contributed by atoms with van der Waals surface area (Å²) in [5.41, 5.74) is 6.99. The average molecular weight is 308 g/mol. The van der Waals surface area contributed by atoms with E-state index >= 15 is 0 Å². The maximum Gasteiger partial charge on any atom is 0.228 e. The molecule has 0 atom stereocenters. The molecule has 0 bridgehead atoms. The van der Waals surface area contributed by atoms with Gasteiger partial charge in [-0.3, -0.25) is 0 Å². The molecule has 94 valence electrons. The molecule has 3 rings (SSSR count). The standard InChI is InChI=1S/C13H14BrN3O/c14-10-5-2-1-4-9(10)12-16-11(18-17-12)8-13(15)6-3-7-13/h1-2,4-5H,3,6-8,15H2. The molecule has 1 aromatic heterocycles. The second kappa shape index (κ2) is 4.48. The van der Waals surface area contributed by atoms with Gasteiger partial charge in [0.25, 0.3) is 0 Å². The van der Waals surface area contributed by atoms with Crippen LogP contribution in [-0.2, 0) is 6.42 Å². The Kier molecular flexibility index (Phi) is 2.95. The fourth-order valence-electron chi connectivity index (χ4n) is 2.19. The molecule has 5 heteroatoms. The van der Waals surface area contributed by atoms with Gasteiger partial charge in [-0.2, -0.15) is 4.98 Å². The zero-order valence-corrected chi connectivity index (χ0v) is 11.5. The van der Waals surface area contributed by atoms with Crippen molar-refractivity contribution in [3.05, 3.63) is 34.6 Å². The number of nitrogens with zero attached hydrogens (tertiary/aromatic N) is 2. The van der Waals surface area contributed by atoms with Gasteiger partial charge in [0.2, 0.25) is 11.7 Å². The van der Waals surface area contributed by atoms with Crippen molar-refractivity contribution >= 4 is 15.9 Å². The molecule has 0 radical (unpaired) electrons. The van der Waals surface area contributed by atoms with Crippen LogP contribution in [0, 0.1) is 0 Å². The maximum absolute atomic E-state index is 6.18. The Morgan fingerprint density at radius 2 is 2.11 bits per heavy atom. The molecule has 1 aliphatic rings. The topological polar surface area (TPSA) is 64.9 Å². The van der Waals surface area contributed by atoms with Gasteiger partial charge in [-0.05, 0) is 31.4 Å². The number of nitrogens with two attached hydrogens (primary N) is 1. The highest BCUT2D eigenvalue weighted by molar-refractivity contribution is 9.10. The molecular formula is C13H14BrN3O. The van der Waals surface area contributed by atoms with Crippen LogP contribution in [0.4, 0.5) is 0 Å². The SMILES string of the molecule is NC1(Cc2nc(-c3ccccc3Br)no2)CCC1. The Labute approximate surface area is 114 Å². The van der Waals surface area contributed by atoms with Crippen molar-refractivity contribution < 1.29 is 4.52 Å². The lowest BCUT2D eigenvalue weighted by atomic mass is 9.75. The van der Waals surface area contributed by atoms with E-state index in [1.54, 1.807) is 0 Å². The maximum atomic E-state index is 6.18. The zero-order valence-electron chi connectivity index (χ0n) is 9.90. The van der Waals surface area contributed by atoms with Crippen molar-refractivity contribution in [1.82, 2.24) is 10.1 Å². The fourth-order valence-corrected chi connectivity index (χ4v) is 2.65. The molecule has 1 aromatic carbocycles. The molecule has 0 spiro atoms. The first kappa shape index (κ1) is 11.9. The van der Waals surface area contributed by atoms with Gasteiger partial charge < -0.3 is 10.3 Å². The Morgan fingerprint density at radius 1 is 1.33 bits per heavy atom. The van der Waals surface area contributed by atoms with Gasteiger partial charge in [0.15, 0.2) is 0 Å². The van der Waals surface area contributed by atoms with Crippen LogP contribution in [0.1, 0.15) is 25.2 Å². The van der Waals surface area contributed by atoms with E-state index in [-0.39, 0.29) is 5.54 Å². The molecule has 0 unspecified atom stereocenters. The molecule has 0 aliphatic heterocycles. The number of rotatable bonds is 3.